The third-order valence-electron chi connectivity index (χ3n) is 6.25. The van der Waals surface area contributed by atoms with Crippen LogP contribution in [0.2, 0.25) is 0 Å². The van der Waals surface area contributed by atoms with Crippen molar-refractivity contribution in [3.05, 3.63) is 100 Å². The number of rotatable bonds is 11. The Hall–Kier alpha value is -5.60. The molecule has 1 aromatic heterocycles. The number of carbonyl (C=O) groups is 1. The number of hydrogen-bond donors (Lipinski definition) is 6. The molecular weight excluding hydrogens is 646 g/mol. The van der Waals surface area contributed by atoms with Gasteiger partial charge in [0.25, 0.3) is 0 Å². The molecule has 0 aliphatic carbocycles. The lowest BCUT2D eigenvalue weighted by atomic mass is 10.1. The number of nitrogens with zero attached hydrogens (tertiary/aromatic N) is 4. The van der Waals surface area contributed by atoms with Gasteiger partial charge in [-0.05, 0) is 41.3 Å². The van der Waals surface area contributed by atoms with Crippen molar-refractivity contribution in [2.24, 2.45) is 16.1 Å². The molecule has 0 saturated carbocycles. The van der Waals surface area contributed by atoms with E-state index >= 15 is 0 Å². The molecule has 0 aliphatic rings. The summed E-state index contributed by atoms with van der Waals surface area (Å²) in [6.07, 6.45) is 0.204. The van der Waals surface area contributed by atoms with E-state index < -0.39 is 55.2 Å². The molecule has 0 saturated heterocycles. The Morgan fingerprint density at radius 3 is 2.46 bits per heavy atom. The molecule has 1 atom stereocenters. The average molecular weight is 668 g/mol. The number of aromatic hydroxyl groups is 1. The number of H-pyrrole nitrogens is 1. The molecule has 4 aromatic carbocycles. The summed E-state index contributed by atoms with van der Waals surface area (Å²) in [6.45, 7) is 0. The van der Waals surface area contributed by atoms with Crippen LogP contribution in [0.4, 0.5) is 23.0 Å². The Morgan fingerprint density at radius 1 is 1.04 bits per heavy atom. The van der Waals surface area contributed by atoms with Crippen LogP contribution < -0.4 is 21.1 Å². The second kappa shape index (κ2) is 13.2. The van der Waals surface area contributed by atoms with Gasteiger partial charge in [0.2, 0.25) is 5.95 Å². The lowest BCUT2D eigenvalue weighted by Gasteiger charge is -2.15. The first-order chi connectivity index (χ1) is 21.9. The number of phenols is 1. The number of fused-ring (bicyclic) bond motifs is 1. The van der Waals surface area contributed by atoms with Gasteiger partial charge in [-0.1, -0.05) is 42.5 Å². The molecule has 1 heterocycles. The zero-order valence-electron chi connectivity index (χ0n) is 23.0. The number of nitrogens with one attached hydrogen (secondary N) is 2. The maximum Gasteiger partial charge on any atom is 0.357 e. The highest BCUT2D eigenvalue weighted by molar-refractivity contribution is 7.86. The molecule has 0 fully saturated rings. The first-order valence-corrected chi connectivity index (χ1v) is 15.2. The number of carboxylic acid groups (broad SMARTS) is 1. The Labute approximate surface area is 261 Å². The van der Waals surface area contributed by atoms with E-state index in [9.17, 15) is 37.0 Å². The Kier molecular flexibility index (Phi) is 9.11. The standard InChI is InChI=1S/C27H21N7O10S2/c28-44-46(41,42)16-11-15-12-20(43-45(39)40)23(34-33-18-9-5-4-8-17(18)25(36)37)24(35)22(15)19(13-16)29-26-30-21(31-27(38)32-26)10-14-6-2-1-3-7-14/h1-9,11-13,35H,10,28H2,(H,36,37)(H,39,40)(H2,29,30,31,32,38). The molecule has 0 bridgehead atoms. The topological polar surface area (TPSA) is 269 Å². The van der Waals surface area contributed by atoms with Gasteiger partial charge in [0.05, 0.1) is 16.1 Å². The molecule has 7 N–H and O–H groups in total. The van der Waals surface area contributed by atoms with Crippen LogP contribution in [-0.2, 0) is 32.2 Å². The second-order valence-corrected chi connectivity index (χ2v) is 11.4. The van der Waals surface area contributed by atoms with E-state index in [1.54, 1.807) is 12.1 Å². The van der Waals surface area contributed by atoms with Crippen LogP contribution in [0.15, 0.2) is 92.7 Å². The van der Waals surface area contributed by atoms with Gasteiger partial charge in [-0.2, -0.15) is 32.8 Å². The highest BCUT2D eigenvalue weighted by Crippen LogP contribution is 2.47. The number of carboxylic acids is 1. The summed E-state index contributed by atoms with van der Waals surface area (Å²) < 4.78 is 55.3. The van der Waals surface area contributed by atoms with Crippen molar-refractivity contribution < 1.29 is 40.7 Å². The number of aromatic nitrogens is 3. The quantitative estimate of drug-likeness (QED) is 0.0668. The number of aromatic amines is 1. The fraction of sp³-hybridized carbons (Fsp3) is 0.0370. The van der Waals surface area contributed by atoms with Crippen molar-refractivity contribution in [1.82, 2.24) is 15.0 Å². The van der Waals surface area contributed by atoms with Gasteiger partial charge in [-0.25, -0.2) is 9.59 Å². The third kappa shape index (κ3) is 7.03. The molecule has 0 spiro atoms. The minimum Gasteiger partial charge on any atom is -0.505 e. The Bertz CT molecular complexity index is 2190. The molecule has 19 heteroatoms. The van der Waals surface area contributed by atoms with E-state index in [4.69, 9.17) is 10.1 Å². The van der Waals surface area contributed by atoms with Crippen LogP contribution in [0.1, 0.15) is 21.7 Å². The van der Waals surface area contributed by atoms with E-state index in [1.807, 2.05) is 18.2 Å². The lowest BCUT2D eigenvalue weighted by Crippen LogP contribution is -2.18. The van der Waals surface area contributed by atoms with E-state index in [0.29, 0.717) is 0 Å². The third-order valence-corrected chi connectivity index (χ3v) is 7.64. The lowest BCUT2D eigenvalue weighted by molar-refractivity contribution is 0.0697. The molecule has 5 aromatic rings. The number of hydrogen-bond acceptors (Lipinski definition) is 14. The van der Waals surface area contributed by atoms with Crippen molar-refractivity contribution in [3.8, 4) is 11.5 Å². The summed E-state index contributed by atoms with van der Waals surface area (Å²) in [7, 11) is -4.58. The maximum absolute atomic E-state index is 12.6. The van der Waals surface area contributed by atoms with E-state index in [2.05, 4.69) is 34.8 Å². The molecule has 46 heavy (non-hydrogen) atoms. The first-order valence-electron chi connectivity index (χ1n) is 12.7. The zero-order chi connectivity index (χ0) is 33.0. The predicted molar refractivity (Wildman–Crippen MR) is 162 cm³/mol. The van der Waals surface area contributed by atoms with Crippen molar-refractivity contribution in [3.63, 3.8) is 0 Å². The van der Waals surface area contributed by atoms with Crippen molar-refractivity contribution in [1.29, 1.82) is 0 Å². The molecular formula is C27H21N7O10S2. The van der Waals surface area contributed by atoms with Crippen molar-refractivity contribution in [2.45, 2.75) is 11.3 Å². The predicted octanol–water partition coefficient (Wildman–Crippen LogP) is 3.57. The highest BCUT2D eigenvalue weighted by Gasteiger charge is 2.24. The molecule has 17 nitrogen and oxygen atoms in total. The van der Waals surface area contributed by atoms with Gasteiger partial charge < -0.3 is 19.7 Å². The highest BCUT2D eigenvalue weighted by atomic mass is 32.2. The second-order valence-electron chi connectivity index (χ2n) is 9.23. The van der Waals surface area contributed by atoms with Gasteiger partial charge >= 0.3 is 33.1 Å². The molecule has 0 radical (unpaired) electrons. The largest absolute Gasteiger partial charge is 0.505 e. The van der Waals surface area contributed by atoms with Gasteiger partial charge in [-0.15, -0.1) is 10.2 Å². The minimum atomic E-state index is -4.58. The summed E-state index contributed by atoms with van der Waals surface area (Å²) in [4.78, 5) is 34.1. The van der Waals surface area contributed by atoms with Gasteiger partial charge in [0.1, 0.15) is 11.5 Å². The number of nitrogens with two attached hydrogens (primary N) is 1. The number of azo groups is 1. The van der Waals surface area contributed by atoms with Gasteiger partial charge in [0, 0.05) is 11.8 Å². The van der Waals surface area contributed by atoms with Crippen LogP contribution in [0, 0.1) is 0 Å². The summed E-state index contributed by atoms with van der Waals surface area (Å²) >= 11 is -2.96. The van der Waals surface area contributed by atoms with E-state index in [1.165, 1.54) is 24.3 Å². The van der Waals surface area contributed by atoms with Crippen LogP contribution in [0.5, 0.6) is 11.5 Å². The molecule has 236 valence electrons. The van der Waals surface area contributed by atoms with Gasteiger partial charge in [-0.3, -0.25) is 9.54 Å². The SMILES string of the molecule is NOS(=O)(=O)c1cc(Nc2nc(Cc3ccccc3)[nH]c(=O)n2)c2c(O)c(N=Nc3ccccc3C(=O)O)c(OS(=O)O)cc2c1. The summed E-state index contributed by atoms with van der Waals surface area (Å²) in [5.74, 6) is 2.25. The maximum atomic E-state index is 12.6. The summed E-state index contributed by atoms with van der Waals surface area (Å²) in [5.41, 5.74) is -1.10. The fourth-order valence-electron chi connectivity index (χ4n) is 4.32. The van der Waals surface area contributed by atoms with Crippen molar-refractivity contribution in [2.75, 3.05) is 5.32 Å². The molecule has 0 aliphatic heterocycles. The number of phenolic OH excluding ortho intramolecular Hbond substituents is 1. The normalized spacial score (nSPS) is 12.3. The first kappa shape index (κ1) is 31.8. The molecule has 1 unspecified atom stereocenters. The Morgan fingerprint density at radius 2 is 1.76 bits per heavy atom. The molecule has 5 rings (SSSR count). The monoisotopic (exact) mass is 667 g/mol. The summed E-state index contributed by atoms with van der Waals surface area (Å²) in [6, 6.07) is 17.6. The smallest absolute Gasteiger partial charge is 0.357 e. The summed E-state index contributed by atoms with van der Waals surface area (Å²) in [5, 5.41) is 31.1. The Balaban J connectivity index is 1.71. The molecule has 0 amide bonds. The average Bonchev–Trinajstić information content (AvgIpc) is 3.00. The van der Waals surface area contributed by atoms with E-state index in [-0.39, 0.29) is 45.9 Å². The van der Waals surface area contributed by atoms with E-state index in [0.717, 1.165) is 23.8 Å². The number of aromatic carboxylic acids is 1. The van der Waals surface area contributed by atoms with Crippen LogP contribution >= 0.6 is 0 Å². The van der Waals surface area contributed by atoms with Crippen LogP contribution in [-0.4, -0.2) is 48.3 Å². The van der Waals surface area contributed by atoms with Crippen molar-refractivity contribution >= 4 is 61.2 Å². The minimum absolute atomic E-state index is 0.113. The zero-order valence-corrected chi connectivity index (χ0v) is 24.7. The van der Waals surface area contributed by atoms with Gasteiger partial charge in [0.15, 0.2) is 17.2 Å². The fourth-order valence-corrected chi connectivity index (χ4v) is 5.24. The number of benzene rings is 4. The van der Waals surface area contributed by atoms with Crippen LogP contribution in [0.25, 0.3) is 10.8 Å². The van der Waals surface area contributed by atoms with Crippen LogP contribution in [0.3, 0.4) is 0 Å². The number of anilines is 2.